The Kier molecular flexibility index (Phi) is 5.54. The first-order chi connectivity index (χ1) is 8.10. The van der Waals surface area contributed by atoms with Gasteiger partial charge in [-0.15, -0.1) is 0 Å². The molecule has 0 bridgehead atoms. The van der Waals surface area contributed by atoms with Crippen LogP contribution in [-0.4, -0.2) is 34.6 Å². The fourth-order valence-electron chi connectivity index (χ4n) is 1.56. The average Bonchev–Trinajstić information content (AvgIpc) is 2.30. The van der Waals surface area contributed by atoms with Crippen molar-refractivity contribution in [3.8, 4) is 0 Å². The van der Waals surface area contributed by atoms with Crippen molar-refractivity contribution < 1.29 is 10.0 Å². The van der Waals surface area contributed by atoms with Gasteiger partial charge in [0.1, 0.15) is 0 Å². The van der Waals surface area contributed by atoms with Crippen LogP contribution in [0.5, 0.6) is 0 Å². The van der Waals surface area contributed by atoms with Crippen LogP contribution in [0.1, 0.15) is 12.5 Å². The number of benzene rings is 1. The maximum Gasteiger partial charge on any atom is 0.283 e. The molecule has 0 unspecified atom stereocenters. The predicted molar refractivity (Wildman–Crippen MR) is 68.8 cm³/mol. The van der Waals surface area contributed by atoms with E-state index in [9.17, 15) is 10.1 Å². The summed E-state index contributed by atoms with van der Waals surface area (Å²) in [7, 11) is 0. The first-order valence-electron chi connectivity index (χ1n) is 5.35. The van der Waals surface area contributed by atoms with Crippen LogP contribution in [0.25, 0.3) is 0 Å². The second kappa shape index (κ2) is 6.68. The fourth-order valence-corrected chi connectivity index (χ4v) is 2.10. The molecule has 5 nitrogen and oxygen atoms in total. The topological polar surface area (TPSA) is 66.6 Å². The zero-order chi connectivity index (χ0) is 12.8. The zero-order valence-corrected chi connectivity index (χ0v) is 11.2. The Balaban J connectivity index is 2.91. The number of rotatable bonds is 6. The summed E-state index contributed by atoms with van der Waals surface area (Å²) in [5.74, 6) is 0. The molecule has 0 spiro atoms. The number of hydrogen-bond donors (Lipinski definition) is 1. The number of hydrogen-bond acceptors (Lipinski definition) is 4. The van der Waals surface area contributed by atoms with Crippen molar-refractivity contribution in [3.05, 3.63) is 38.3 Å². The minimum atomic E-state index is -0.407. The predicted octanol–water partition coefficient (Wildman–Crippen LogP) is 2.17. The highest BCUT2D eigenvalue weighted by Gasteiger charge is 2.16. The van der Waals surface area contributed by atoms with E-state index in [1.165, 1.54) is 6.07 Å². The van der Waals surface area contributed by atoms with E-state index in [-0.39, 0.29) is 12.3 Å². The Morgan fingerprint density at radius 2 is 2.24 bits per heavy atom. The summed E-state index contributed by atoms with van der Waals surface area (Å²) in [5.41, 5.74) is 0.928. The third kappa shape index (κ3) is 3.76. The standard InChI is InChI=1S/C11H15BrN2O3/c1-2-13(6-7-15)8-9-4-3-5-10(11(9)12)14(16)17/h3-5,15H,2,6-8H2,1H3. The second-order valence-corrected chi connectivity index (χ2v) is 4.39. The quantitative estimate of drug-likeness (QED) is 0.646. The van der Waals surface area contributed by atoms with E-state index in [4.69, 9.17) is 5.11 Å². The molecule has 0 atom stereocenters. The molecule has 1 rings (SSSR count). The lowest BCUT2D eigenvalue weighted by Gasteiger charge is -2.19. The van der Waals surface area contributed by atoms with E-state index >= 15 is 0 Å². The molecule has 0 aliphatic rings. The molecular formula is C11H15BrN2O3. The molecule has 0 aliphatic carbocycles. The van der Waals surface area contributed by atoms with Gasteiger partial charge in [-0.05, 0) is 28.0 Å². The molecule has 1 aromatic carbocycles. The number of aliphatic hydroxyl groups is 1. The number of aliphatic hydroxyl groups excluding tert-OH is 1. The molecule has 1 N–H and O–H groups in total. The Hall–Kier alpha value is -0.980. The molecule has 0 aliphatic heterocycles. The van der Waals surface area contributed by atoms with Gasteiger partial charge >= 0.3 is 0 Å². The molecular weight excluding hydrogens is 288 g/mol. The highest BCUT2D eigenvalue weighted by molar-refractivity contribution is 9.10. The van der Waals surface area contributed by atoms with E-state index in [1.54, 1.807) is 6.07 Å². The maximum atomic E-state index is 10.8. The van der Waals surface area contributed by atoms with Gasteiger partial charge in [-0.1, -0.05) is 19.1 Å². The zero-order valence-electron chi connectivity index (χ0n) is 9.60. The molecule has 17 heavy (non-hydrogen) atoms. The van der Waals surface area contributed by atoms with Crippen molar-refractivity contribution >= 4 is 21.6 Å². The molecule has 0 heterocycles. The molecule has 0 aromatic heterocycles. The highest BCUT2D eigenvalue weighted by atomic mass is 79.9. The Bertz CT molecular complexity index is 398. The molecule has 94 valence electrons. The minimum absolute atomic E-state index is 0.0718. The van der Waals surface area contributed by atoms with Crippen molar-refractivity contribution in [1.82, 2.24) is 4.90 Å². The van der Waals surface area contributed by atoms with Crippen LogP contribution in [0.4, 0.5) is 5.69 Å². The molecule has 0 saturated heterocycles. The summed E-state index contributed by atoms with van der Waals surface area (Å²) in [6.45, 7) is 4.00. The molecule has 0 saturated carbocycles. The maximum absolute atomic E-state index is 10.8. The monoisotopic (exact) mass is 302 g/mol. The molecule has 0 amide bonds. The first-order valence-corrected chi connectivity index (χ1v) is 6.14. The van der Waals surface area contributed by atoms with Crippen LogP contribution >= 0.6 is 15.9 Å². The number of nitro benzene ring substituents is 1. The van der Waals surface area contributed by atoms with Crippen molar-refractivity contribution in [2.75, 3.05) is 19.7 Å². The van der Waals surface area contributed by atoms with Gasteiger partial charge in [0.25, 0.3) is 5.69 Å². The average molecular weight is 303 g/mol. The molecule has 0 fully saturated rings. The number of nitro groups is 1. The van der Waals surface area contributed by atoms with Gasteiger partial charge in [0.2, 0.25) is 0 Å². The Labute approximate surface area is 108 Å². The van der Waals surface area contributed by atoms with Crippen LogP contribution in [0.15, 0.2) is 22.7 Å². The molecule has 1 aromatic rings. The third-order valence-electron chi connectivity index (χ3n) is 2.51. The lowest BCUT2D eigenvalue weighted by atomic mass is 10.2. The second-order valence-electron chi connectivity index (χ2n) is 3.60. The van der Waals surface area contributed by atoms with Gasteiger partial charge in [0.15, 0.2) is 0 Å². The van der Waals surface area contributed by atoms with Crippen LogP contribution < -0.4 is 0 Å². The van der Waals surface area contributed by atoms with Crippen molar-refractivity contribution in [3.63, 3.8) is 0 Å². The molecule has 0 radical (unpaired) electrons. The van der Waals surface area contributed by atoms with Crippen LogP contribution in [0, 0.1) is 10.1 Å². The van der Waals surface area contributed by atoms with Crippen molar-refractivity contribution in [1.29, 1.82) is 0 Å². The van der Waals surface area contributed by atoms with Crippen molar-refractivity contribution in [2.24, 2.45) is 0 Å². The lowest BCUT2D eigenvalue weighted by Crippen LogP contribution is -2.26. The van der Waals surface area contributed by atoms with Gasteiger partial charge in [-0.3, -0.25) is 15.0 Å². The summed E-state index contributed by atoms with van der Waals surface area (Å²) in [5, 5.41) is 19.7. The summed E-state index contributed by atoms with van der Waals surface area (Å²) in [6, 6.07) is 4.98. The van der Waals surface area contributed by atoms with Gasteiger partial charge in [0.05, 0.1) is 16.0 Å². The largest absolute Gasteiger partial charge is 0.395 e. The Morgan fingerprint density at radius 3 is 2.76 bits per heavy atom. The summed E-state index contributed by atoms with van der Waals surface area (Å²) in [4.78, 5) is 12.4. The van der Waals surface area contributed by atoms with Gasteiger partial charge < -0.3 is 5.11 Å². The smallest absolute Gasteiger partial charge is 0.283 e. The fraction of sp³-hybridized carbons (Fsp3) is 0.455. The van der Waals surface area contributed by atoms with E-state index < -0.39 is 4.92 Å². The van der Waals surface area contributed by atoms with Crippen LogP contribution in [0.2, 0.25) is 0 Å². The SMILES string of the molecule is CCN(CCO)Cc1cccc([N+](=O)[O-])c1Br. The van der Waals surface area contributed by atoms with Crippen LogP contribution in [0.3, 0.4) is 0 Å². The summed E-state index contributed by atoms with van der Waals surface area (Å²) in [6.07, 6.45) is 0. The van der Waals surface area contributed by atoms with Gasteiger partial charge in [-0.2, -0.15) is 0 Å². The van der Waals surface area contributed by atoms with E-state index in [0.717, 1.165) is 12.1 Å². The molecule has 6 heteroatoms. The third-order valence-corrected chi connectivity index (χ3v) is 3.43. The van der Waals surface area contributed by atoms with E-state index in [2.05, 4.69) is 15.9 Å². The van der Waals surface area contributed by atoms with Gasteiger partial charge in [-0.25, -0.2) is 0 Å². The summed E-state index contributed by atoms with van der Waals surface area (Å²) < 4.78 is 0.515. The van der Waals surface area contributed by atoms with E-state index in [1.807, 2.05) is 17.9 Å². The first kappa shape index (κ1) is 14.1. The number of halogens is 1. The van der Waals surface area contributed by atoms with Gasteiger partial charge in [0, 0.05) is 19.2 Å². The lowest BCUT2D eigenvalue weighted by molar-refractivity contribution is -0.385. The Morgan fingerprint density at radius 1 is 1.53 bits per heavy atom. The normalized spacial score (nSPS) is 10.8. The highest BCUT2D eigenvalue weighted by Crippen LogP contribution is 2.28. The number of nitrogens with zero attached hydrogens (tertiary/aromatic N) is 2. The van der Waals surface area contributed by atoms with Crippen LogP contribution in [-0.2, 0) is 6.54 Å². The number of likely N-dealkylation sites (N-methyl/N-ethyl adjacent to an activating group) is 1. The van der Waals surface area contributed by atoms with E-state index in [0.29, 0.717) is 17.6 Å². The summed E-state index contributed by atoms with van der Waals surface area (Å²) >= 11 is 3.26. The minimum Gasteiger partial charge on any atom is -0.395 e. The van der Waals surface area contributed by atoms with Crippen molar-refractivity contribution in [2.45, 2.75) is 13.5 Å².